The Bertz CT molecular complexity index is 1450. The number of methoxy groups -OCH3 is 1. The van der Waals surface area contributed by atoms with Gasteiger partial charge in [0.15, 0.2) is 0 Å². The first-order valence-electron chi connectivity index (χ1n) is 11.6. The third-order valence-electron chi connectivity index (χ3n) is 7.04. The third kappa shape index (κ3) is 3.65. The van der Waals surface area contributed by atoms with Gasteiger partial charge in [-0.15, -0.1) is 0 Å². The summed E-state index contributed by atoms with van der Waals surface area (Å²) in [6, 6.07) is 22.2. The highest BCUT2D eigenvalue weighted by molar-refractivity contribution is 6.30. The summed E-state index contributed by atoms with van der Waals surface area (Å²) in [4.78, 5) is 34.5. The number of hydrogen-bond acceptors (Lipinski definition) is 3. The molecule has 176 valence electrons. The molecule has 1 saturated heterocycles. The third-order valence-corrected chi connectivity index (χ3v) is 7.29. The zero-order chi connectivity index (χ0) is 24.1. The summed E-state index contributed by atoms with van der Waals surface area (Å²) in [6.45, 7) is 0.407. The molecule has 6 nitrogen and oxygen atoms in total. The van der Waals surface area contributed by atoms with Gasteiger partial charge in [0, 0.05) is 34.6 Å². The van der Waals surface area contributed by atoms with E-state index < -0.39 is 12.1 Å². The molecule has 3 aromatic carbocycles. The monoisotopic (exact) mass is 485 g/mol. The number of amides is 2. The van der Waals surface area contributed by atoms with Crippen LogP contribution in [-0.4, -0.2) is 46.3 Å². The van der Waals surface area contributed by atoms with E-state index in [0.717, 1.165) is 33.3 Å². The van der Waals surface area contributed by atoms with E-state index >= 15 is 0 Å². The number of aromatic amines is 1. The van der Waals surface area contributed by atoms with Crippen LogP contribution in [0.4, 0.5) is 0 Å². The Balaban J connectivity index is 1.45. The van der Waals surface area contributed by atoms with Crippen molar-refractivity contribution < 1.29 is 14.3 Å². The molecule has 1 N–H and O–H groups in total. The van der Waals surface area contributed by atoms with Gasteiger partial charge in [-0.05, 0) is 47.0 Å². The number of ether oxygens (including phenoxy) is 1. The molecule has 7 heteroatoms. The fourth-order valence-electron chi connectivity index (χ4n) is 5.43. The Morgan fingerprint density at radius 2 is 1.83 bits per heavy atom. The van der Waals surface area contributed by atoms with Gasteiger partial charge in [-0.25, -0.2) is 0 Å². The molecule has 1 aromatic heterocycles. The van der Waals surface area contributed by atoms with E-state index in [2.05, 4.69) is 11.1 Å². The van der Waals surface area contributed by atoms with Gasteiger partial charge < -0.3 is 19.5 Å². The number of halogens is 1. The summed E-state index contributed by atoms with van der Waals surface area (Å²) in [7, 11) is 1.63. The number of benzene rings is 3. The molecule has 0 spiro atoms. The molecule has 2 aliphatic heterocycles. The second-order valence-electron chi connectivity index (χ2n) is 9.08. The van der Waals surface area contributed by atoms with Crippen molar-refractivity contribution in [2.24, 2.45) is 0 Å². The fourth-order valence-corrected chi connectivity index (χ4v) is 5.55. The van der Waals surface area contributed by atoms with Gasteiger partial charge in [0.2, 0.25) is 11.8 Å². The summed E-state index contributed by atoms with van der Waals surface area (Å²) < 4.78 is 5.47. The van der Waals surface area contributed by atoms with Crippen molar-refractivity contribution in [1.82, 2.24) is 14.8 Å². The van der Waals surface area contributed by atoms with Crippen molar-refractivity contribution >= 4 is 34.3 Å². The molecule has 0 radical (unpaired) electrons. The van der Waals surface area contributed by atoms with Crippen LogP contribution in [0.1, 0.15) is 28.4 Å². The van der Waals surface area contributed by atoms with E-state index in [0.29, 0.717) is 23.7 Å². The van der Waals surface area contributed by atoms with Crippen LogP contribution in [-0.2, 0) is 22.6 Å². The number of fused-ring (bicyclic) bond motifs is 4. The largest absolute Gasteiger partial charge is 0.497 e. The van der Waals surface area contributed by atoms with Gasteiger partial charge in [0.05, 0.1) is 13.2 Å². The molecule has 35 heavy (non-hydrogen) atoms. The highest BCUT2D eigenvalue weighted by Gasteiger charge is 2.48. The van der Waals surface area contributed by atoms with Gasteiger partial charge in [-0.2, -0.15) is 0 Å². The van der Waals surface area contributed by atoms with Crippen molar-refractivity contribution in [2.75, 3.05) is 13.7 Å². The van der Waals surface area contributed by atoms with Crippen LogP contribution < -0.4 is 4.74 Å². The van der Waals surface area contributed by atoms with Crippen LogP contribution in [0.5, 0.6) is 5.75 Å². The first kappa shape index (κ1) is 21.7. The quantitative estimate of drug-likeness (QED) is 0.455. The van der Waals surface area contributed by atoms with Crippen molar-refractivity contribution in [3.05, 3.63) is 100 Å². The smallest absolute Gasteiger partial charge is 0.246 e. The number of H-pyrrole nitrogens is 1. The van der Waals surface area contributed by atoms with Crippen LogP contribution >= 0.6 is 11.6 Å². The van der Waals surface area contributed by atoms with Crippen molar-refractivity contribution in [1.29, 1.82) is 0 Å². The van der Waals surface area contributed by atoms with E-state index in [-0.39, 0.29) is 18.4 Å². The van der Waals surface area contributed by atoms with Crippen LogP contribution in [0, 0.1) is 0 Å². The molecule has 2 atom stereocenters. The molecule has 2 amide bonds. The molecular weight excluding hydrogens is 462 g/mol. The number of nitrogens with zero attached hydrogens (tertiary/aromatic N) is 2. The number of nitrogens with one attached hydrogen (secondary N) is 1. The van der Waals surface area contributed by atoms with Crippen molar-refractivity contribution in [3.8, 4) is 5.75 Å². The second-order valence-corrected chi connectivity index (χ2v) is 9.52. The highest BCUT2D eigenvalue weighted by Crippen LogP contribution is 2.43. The SMILES string of the molecule is COc1cccc([C@H]2c3[nH]c4ccccc4c3C[C@H]3C(=O)N(Cc4ccc(Cl)cc4)CC(=O)N23)c1. The molecular formula is C28H24ClN3O3. The average Bonchev–Trinajstić information content (AvgIpc) is 3.25. The van der Waals surface area contributed by atoms with E-state index in [9.17, 15) is 9.59 Å². The van der Waals surface area contributed by atoms with E-state index in [4.69, 9.17) is 16.3 Å². The summed E-state index contributed by atoms with van der Waals surface area (Å²) >= 11 is 6.02. The summed E-state index contributed by atoms with van der Waals surface area (Å²) in [5.74, 6) is 0.603. The minimum absolute atomic E-state index is 0.0357. The number of rotatable bonds is 4. The lowest BCUT2D eigenvalue weighted by Crippen LogP contribution is -2.62. The minimum atomic E-state index is -0.577. The molecule has 1 fully saturated rings. The van der Waals surface area contributed by atoms with Gasteiger partial charge in [-0.3, -0.25) is 9.59 Å². The average molecular weight is 486 g/mol. The standard InChI is InChI=1S/C28H24ClN3O3/c1-35-20-6-4-5-18(13-20)27-26-22(21-7-2-3-8-23(21)30-26)14-24-28(34)31(16-25(33)32(24)27)15-17-9-11-19(29)12-10-17/h2-13,24,27,30H,14-16H2,1H3/t24-,27-/m0/s1. The molecule has 4 aromatic rings. The fraction of sp³-hybridized carbons (Fsp3) is 0.214. The number of carbonyl (C=O) groups excluding carboxylic acids is 2. The van der Waals surface area contributed by atoms with Gasteiger partial charge in [0.1, 0.15) is 18.3 Å². The lowest BCUT2D eigenvalue weighted by Gasteiger charge is -2.47. The van der Waals surface area contributed by atoms with Crippen LogP contribution in [0.3, 0.4) is 0 Å². The Morgan fingerprint density at radius 1 is 1.03 bits per heavy atom. The highest BCUT2D eigenvalue weighted by atomic mass is 35.5. The van der Waals surface area contributed by atoms with Gasteiger partial charge >= 0.3 is 0 Å². The number of carbonyl (C=O) groups is 2. The first-order chi connectivity index (χ1) is 17.0. The van der Waals surface area contributed by atoms with E-state index in [1.807, 2.05) is 54.6 Å². The second kappa shape index (κ2) is 8.47. The molecule has 2 aliphatic rings. The maximum atomic E-state index is 13.8. The Morgan fingerprint density at radius 3 is 2.63 bits per heavy atom. The van der Waals surface area contributed by atoms with Crippen molar-refractivity contribution in [2.45, 2.75) is 25.0 Å². The predicted molar refractivity (Wildman–Crippen MR) is 134 cm³/mol. The number of hydrogen-bond donors (Lipinski definition) is 1. The zero-order valence-electron chi connectivity index (χ0n) is 19.2. The number of aromatic nitrogens is 1. The molecule has 0 aliphatic carbocycles. The Labute approximate surface area is 208 Å². The van der Waals surface area contributed by atoms with Crippen LogP contribution in [0.25, 0.3) is 10.9 Å². The molecule has 0 bridgehead atoms. The molecule has 3 heterocycles. The summed E-state index contributed by atoms with van der Waals surface area (Å²) in [6.07, 6.45) is 0.474. The summed E-state index contributed by atoms with van der Waals surface area (Å²) in [5, 5.41) is 1.73. The Hall–Kier alpha value is -3.77. The van der Waals surface area contributed by atoms with E-state index in [1.165, 1.54) is 0 Å². The lowest BCUT2D eigenvalue weighted by molar-refractivity contribution is -0.159. The minimum Gasteiger partial charge on any atom is -0.497 e. The van der Waals surface area contributed by atoms with E-state index in [1.54, 1.807) is 29.0 Å². The zero-order valence-corrected chi connectivity index (χ0v) is 20.0. The van der Waals surface area contributed by atoms with Gasteiger partial charge in [-0.1, -0.05) is 54.1 Å². The maximum Gasteiger partial charge on any atom is 0.246 e. The normalized spacial score (nSPS) is 19.6. The van der Waals surface area contributed by atoms with Crippen molar-refractivity contribution in [3.63, 3.8) is 0 Å². The van der Waals surface area contributed by atoms with Gasteiger partial charge in [0.25, 0.3) is 0 Å². The lowest BCUT2D eigenvalue weighted by atomic mass is 9.86. The Kier molecular flexibility index (Phi) is 5.26. The first-order valence-corrected chi connectivity index (χ1v) is 12.0. The molecule has 6 rings (SSSR count). The maximum absolute atomic E-state index is 13.8. The summed E-state index contributed by atoms with van der Waals surface area (Å²) in [5.41, 5.74) is 4.90. The molecule has 0 unspecified atom stereocenters. The van der Waals surface area contributed by atoms with Crippen LogP contribution in [0.15, 0.2) is 72.8 Å². The number of para-hydroxylation sites is 1. The van der Waals surface area contributed by atoms with Crippen LogP contribution in [0.2, 0.25) is 5.02 Å². The topological polar surface area (TPSA) is 65.6 Å². The number of piperazine rings is 1. The molecule has 0 saturated carbocycles. The predicted octanol–water partition coefficient (Wildman–Crippen LogP) is 4.72.